The summed E-state index contributed by atoms with van der Waals surface area (Å²) in [5, 5.41) is 12.2. The van der Waals surface area contributed by atoms with Crippen molar-refractivity contribution in [2.24, 2.45) is 0 Å². The van der Waals surface area contributed by atoms with Gasteiger partial charge in [0.15, 0.2) is 0 Å². The summed E-state index contributed by atoms with van der Waals surface area (Å²) in [7, 11) is 0. The molecule has 0 aliphatic rings. The van der Waals surface area contributed by atoms with E-state index in [0.29, 0.717) is 33.4 Å². The Morgan fingerprint density at radius 3 is 2.65 bits per heavy atom. The largest absolute Gasteiger partial charge is 0.346 e. The van der Waals surface area contributed by atoms with Crippen LogP contribution in [0.2, 0.25) is 4.34 Å². The number of benzene rings is 1. The molecule has 3 N–H and O–H groups in total. The quantitative estimate of drug-likeness (QED) is 0.566. The Bertz CT molecular complexity index is 948. The second-order valence-electron chi connectivity index (χ2n) is 5.24. The van der Waals surface area contributed by atoms with E-state index < -0.39 is 5.91 Å². The van der Waals surface area contributed by atoms with Crippen LogP contribution in [0.25, 0.3) is 5.69 Å². The molecule has 0 saturated heterocycles. The first-order chi connectivity index (χ1) is 12.5. The standard InChI is InChI=1S/C17H14ClN5O2S/c18-15-6-5-14(26-15)17(25)20-8-12-9-23(10-21-12)13-3-1-11(2-4-13)22-16(24)7-19/h1-7,9-10,19H,8H2,(H,20,25)(H,22,24). The van der Waals surface area contributed by atoms with E-state index in [4.69, 9.17) is 17.0 Å². The Hall–Kier alpha value is -2.97. The van der Waals surface area contributed by atoms with E-state index >= 15 is 0 Å². The van der Waals surface area contributed by atoms with Crippen molar-refractivity contribution in [3.63, 3.8) is 0 Å². The number of thiophene rings is 1. The zero-order valence-electron chi connectivity index (χ0n) is 13.4. The van der Waals surface area contributed by atoms with E-state index in [2.05, 4.69) is 15.6 Å². The van der Waals surface area contributed by atoms with Crippen molar-refractivity contribution in [2.75, 3.05) is 5.32 Å². The average Bonchev–Trinajstić information content (AvgIpc) is 3.29. The maximum Gasteiger partial charge on any atom is 0.266 e. The fourth-order valence-electron chi connectivity index (χ4n) is 2.19. The summed E-state index contributed by atoms with van der Waals surface area (Å²) < 4.78 is 2.38. The fourth-order valence-corrected chi connectivity index (χ4v) is 3.15. The highest BCUT2D eigenvalue weighted by atomic mass is 35.5. The van der Waals surface area contributed by atoms with E-state index in [-0.39, 0.29) is 5.91 Å². The zero-order chi connectivity index (χ0) is 18.5. The number of halogens is 1. The molecule has 26 heavy (non-hydrogen) atoms. The third-order valence-electron chi connectivity index (χ3n) is 3.43. The molecule has 2 heterocycles. The van der Waals surface area contributed by atoms with E-state index in [9.17, 15) is 9.59 Å². The van der Waals surface area contributed by atoms with Crippen molar-refractivity contribution in [3.05, 3.63) is 63.8 Å². The Morgan fingerprint density at radius 2 is 2.00 bits per heavy atom. The van der Waals surface area contributed by atoms with Gasteiger partial charge in [-0.25, -0.2) is 4.98 Å². The van der Waals surface area contributed by atoms with Crippen LogP contribution < -0.4 is 10.6 Å². The summed E-state index contributed by atoms with van der Waals surface area (Å²) in [6.45, 7) is 0.300. The molecule has 7 nitrogen and oxygen atoms in total. The van der Waals surface area contributed by atoms with Crippen LogP contribution in [-0.2, 0) is 11.3 Å². The van der Waals surface area contributed by atoms with Crippen LogP contribution in [0.3, 0.4) is 0 Å². The van der Waals surface area contributed by atoms with Crippen LogP contribution in [0.5, 0.6) is 0 Å². The lowest BCUT2D eigenvalue weighted by molar-refractivity contribution is -0.110. The van der Waals surface area contributed by atoms with Crippen molar-refractivity contribution in [2.45, 2.75) is 6.54 Å². The maximum absolute atomic E-state index is 12.0. The molecule has 2 aromatic heterocycles. The van der Waals surface area contributed by atoms with Crippen LogP contribution in [0.4, 0.5) is 5.69 Å². The predicted octanol–water partition coefficient (Wildman–Crippen LogP) is 3.11. The molecular formula is C17H14ClN5O2S. The highest BCUT2D eigenvalue weighted by Crippen LogP contribution is 2.21. The number of nitrogens with one attached hydrogen (secondary N) is 3. The minimum absolute atomic E-state index is 0.192. The minimum Gasteiger partial charge on any atom is -0.346 e. The number of hydrogen-bond donors (Lipinski definition) is 3. The second-order valence-corrected chi connectivity index (χ2v) is 6.95. The molecular weight excluding hydrogens is 374 g/mol. The third-order valence-corrected chi connectivity index (χ3v) is 4.66. The fraction of sp³-hybridized carbons (Fsp3) is 0.0588. The van der Waals surface area contributed by atoms with Crippen LogP contribution in [-0.4, -0.2) is 27.6 Å². The summed E-state index contributed by atoms with van der Waals surface area (Å²) >= 11 is 7.05. The number of anilines is 1. The lowest BCUT2D eigenvalue weighted by Gasteiger charge is -2.05. The van der Waals surface area contributed by atoms with E-state index in [1.807, 2.05) is 22.9 Å². The highest BCUT2D eigenvalue weighted by Gasteiger charge is 2.09. The third kappa shape index (κ3) is 4.35. The number of carbonyl (C=O) groups is 2. The molecule has 2 amide bonds. The minimum atomic E-state index is -0.481. The van der Waals surface area contributed by atoms with Gasteiger partial charge >= 0.3 is 0 Å². The van der Waals surface area contributed by atoms with Gasteiger partial charge in [-0.1, -0.05) is 11.6 Å². The van der Waals surface area contributed by atoms with Gasteiger partial charge in [-0.3, -0.25) is 9.59 Å². The number of hydrogen-bond acceptors (Lipinski definition) is 5. The number of nitrogens with zero attached hydrogens (tertiary/aromatic N) is 2. The summed E-state index contributed by atoms with van der Waals surface area (Å²) in [6.07, 6.45) is 4.18. The van der Waals surface area contributed by atoms with Crippen LogP contribution >= 0.6 is 22.9 Å². The first kappa shape index (κ1) is 17.8. The summed E-state index contributed by atoms with van der Waals surface area (Å²) in [5.41, 5.74) is 2.17. The van der Waals surface area contributed by atoms with E-state index in [1.165, 1.54) is 11.3 Å². The van der Waals surface area contributed by atoms with Crippen molar-refractivity contribution < 1.29 is 9.59 Å². The molecule has 9 heteroatoms. The molecule has 0 aliphatic heterocycles. The van der Waals surface area contributed by atoms with Gasteiger partial charge in [0.1, 0.15) is 0 Å². The number of amides is 2. The van der Waals surface area contributed by atoms with Gasteiger partial charge in [-0.15, -0.1) is 11.3 Å². The normalized spacial score (nSPS) is 10.3. The maximum atomic E-state index is 12.0. The van der Waals surface area contributed by atoms with Crippen molar-refractivity contribution in [1.29, 1.82) is 5.41 Å². The van der Waals surface area contributed by atoms with Crippen LogP contribution in [0, 0.1) is 5.41 Å². The summed E-state index contributed by atoms with van der Waals surface area (Å²) in [4.78, 5) is 28.0. The van der Waals surface area contributed by atoms with Crippen LogP contribution in [0.15, 0.2) is 48.9 Å². The molecule has 0 aliphatic carbocycles. The number of imidazole rings is 1. The molecule has 0 bridgehead atoms. The van der Waals surface area contributed by atoms with Gasteiger partial charge in [-0.2, -0.15) is 0 Å². The molecule has 0 atom stereocenters. The number of rotatable bonds is 6. The van der Waals surface area contributed by atoms with Gasteiger partial charge in [0.05, 0.1) is 34.0 Å². The second kappa shape index (κ2) is 7.94. The van der Waals surface area contributed by atoms with Crippen LogP contribution in [0.1, 0.15) is 15.4 Å². The van der Waals surface area contributed by atoms with Gasteiger partial charge in [0, 0.05) is 17.6 Å². The Labute approximate surface area is 158 Å². The molecule has 3 aromatic rings. The van der Waals surface area contributed by atoms with E-state index in [1.54, 1.807) is 30.6 Å². The summed E-state index contributed by atoms with van der Waals surface area (Å²) in [5.74, 6) is -0.673. The van der Waals surface area contributed by atoms with Crippen molar-refractivity contribution >= 4 is 46.7 Å². The number of carbonyl (C=O) groups excluding carboxylic acids is 2. The smallest absolute Gasteiger partial charge is 0.266 e. The summed E-state index contributed by atoms with van der Waals surface area (Å²) in [6, 6.07) is 10.5. The molecule has 132 valence electrons. The zero-order valence-corrected chi connectivity index (χ0v) is 15.0. The monoisotopic (exact) mass is 387 g/mol. The van der Waals surface area contributed by atoms with Gasteiger partial charge in [0.25, 0.3) is 11.8 Å². The molecule has 3 rings (SSSR count). The van der Waals surface area contributed by atoms with Crippen molar-refractivity contribution in [3.8, 4) is 5.69 Å². The van der Waals surface area contributed by atoms with E-state index in [0.717, 1.165) is 5.69 Å². The predicted molar refractivity (Wildman–Crippen MR) is 101 cm³/mol. The highest BCUT2D eigenvalue weighted by molar-refractivity contribution is 7.17. The van der Waals surface area contributed by atoms with Crippen molar-refractivity contribution in [1.82, 2.24) is 14.9 Å². The van der Waals surface area contributed by atoms with Gasteiger partial charge in [-0.05, 0) is 36.4 Å². The van der Waals surface area contributed by atoms with Gasteiger partial charge < -0.3 is 20.6 Å². The molecule has 1 aromatic carbocycles. The first-order valence-electron chi connectivity index (χ1n) is 7.53. The first-order valence-corrected chi connectivity index (χ1v) is 8.73. The molecule has 0 radical (unpaired) electrons. The average molecular weight is 388 g/mol. The molecule has 0 spiro atoms. The lowest BCUT2D eigenvalue weighted by atomic mass is 10.2. The lowest BCUT2D eigenvalue weighted by Crippen LogP contribution is -2.21. The Balaban J connectivity index is 1.61. The Kier molecular flexibility index (Phi) is 5.45. The van der Waals surface area contributed by atoms with Gasteiger partial charge in [0.2, 0.25) is 0 Å². The molecule has 0 unspecified atom stereocenters. The Morgan fingerprint density at radius 1 is 1.23 bits per heavy atom. The SMILES string of the molecule is N=CC(=O)Nc1ccc(-n2cnc(CNC(=O)c3ccc(Cl)s3)c2)cc1. The molecule has 0 saturated carbocycles. The molecule has 0 fully saturated rings. The topological polar surface area (TPSA) is 99.9 Å². The number of aromatic nitrogens is 2.